The Balaban J connectivity index is 1.22. The van der Waals surface area contributed by atoms with Crippen molar-refractivity contribution >= 4 is 50.3 Å². The first-order valence-corrected chi connectivity index (χ1v) is 23.4. The molecule has 2 saturated carbocycles. The van der Waals surface area contributed by atoms with Crippen molar-refractivity contribution in [2.45, 2.75) is 120 Å². The summed E-state index contributed by atoms with van der Waals surface area (Å²) in [5.41, 5.74) is -3.52. The van der Waals surface area contributed by atoms with E-state index in [1.54, 1.807) is 13.1 Å². The highest BCUT2D eigenvalue weighted by Crippen LogP contribution is 2.48. The van der Waals surface area contributed by atoms with Crippen LogP contribution in [0.3, 0.4) is 0 Å². The first kappa shape index (κ1) is 46.3. The van der Waals surface area contributed by atoms with E-state index in [1.807, 2.05) is 50.3 Å². The quantitative estimate of drug-likeness (QED) is 0.260. The summed E-state index contributed by atoms with van der Waals surface area (Å²) in [7, 11) is -4.07. The minimum Gasteiger partial charge on any atom is -0.472 e. The number of alkyl halides is 3. The average molecular weight is 905 g/mol. The molecule has 5 aliphatic rings. The van der Waals surface area contributed by atoms with Gasteiger partial charge >= 0.3 is 12.3 Å². The van der Waals surface area contributed by atoms with Gasteiger partial charge in [-0.3, -0.25) is 19.1 Å². The molecule has 0 bridgehead atoms. The fraction of sp³-hybridized carbons (Fsp3) is 0.659. The third-order valence-corrected chi connectivity index (χ3v) is 15.8. The second-order valence-electron chi connectivity index (χ2n) is 18.6. The third-order valence-electron chi connectivity index (χ3n) is 13.6. The Bertz CT molecular complexity index is 2210. The van der Waals surface area contributed by atoms with Gasteiger partial charge in [0.05, 0.1) is 42.3 Å². The largest absolute Gasteiger partial charge is 0.472 e. The highest BCUT2D eigenvalue weighted by Gasteiger charge is 2.63. The van der Waals surface area contributed by atoms with Gasteiger partial charge in [-0.1, -0.05) is 50.6 Å². The molecule has 19 heteroatoms. The molecule has 0 radical (unpaired) electrons. The van der Waals surface area contributed by atoms with E-state index in [1.165, 1.54) is 4.90 Å². The summed E-state index contributed by atoms with van der Waals surface area (Å²) >= 11 is 0. The van der Waals surface area contributed by atoms with Crippen LogP contribution in [-0.2, 0) is 33.9 Å². The lowest BCUT2D eigenvalue weighted by Gasteiger charge is -2.34. The minimum atomic E-state index is -4.86. The van der Waals surface area contributed by atoms with E-state index >= 15 is 4.79 Å². The summed E-state index contributed by atoms with van der Waals surface area (Å²) < 4.78 is 85.7. The van der Waals surface area contributed by atoms with Crippen molar-refractivity contribution in [1.82, 2.24) is 25.2 Å². The number of fused-ring (bicyclic) bond motifs is 3. The van der Waals surface area contributed by atoms with Crippen molar-refractivity contribution in [3.8, 4) is 5.88 Å². The Morgan fingerprint density at radius 1 is 1.08 bits per heavy atom. The monoisotopic (exact) mass is 904 g/mol. The Morgan fingerprint density at radius 2 is 1.78 bits per heavy atom. The topological polar surface area (TPSA) is 186 Å². The van der Waals surface area contributed by atoms with Gasteiger partial charge in [0.25, 0.3) is 5.91 Å². The Morgan fingerprint density at radius 3 is 2.44 bits per heavy atom. The number of carbonyl (C=O) groups excluding carboxylic acids is 4. The Kier molecular flexibility index (Phi) is 13.0. The van der Waals surface area contributed by atoms with Crippen LogP contribution in [0.15, 0.2) is 42.6 Å². The molecule has 4 amide bonds. The number of amides is 4. The summed E-state index contributed by atoms with van der Waals surface area (Å²) in [5.74, 6) is -3.67. The van der Waals surface area contributed by atoms with E-state index in [0.29, 0.717) is 70.2 Å². The van der Waals surface area contributed by atoms with Crippen molar-refractivity contribution in [2.24, 2.45) is 23.7 Å². The zero-order valence-electron chi connectivity index (χ0n) is 36.5. The molecule has 3 N–H and O–H groups in total. The average Bonchev–Trinajstić information content (AvgIpc) is 4.11. The van der Waals surface area contributed by atoms with E-state index < -0.39 is 79.9 Å². The summed E-state index contributed by atoms with van der Waals surface area (Å²) in [4.78, 5) is 65.0. The van der Waals surface area contributed by atoms with Gasteiger partial charge < -0.3 is 34.6 Å². The van der Waals surface area contributed by atoms with E-state index in [-0.39, 0.29) is 43.6 Å². The molecule has 1 aromatic heterocycles. The molecule has 2 aromatic rings. The number of benzene rings is 1. The van der Waals surface area contributed by atoms with Gasteiger partial charge in [0.1, 0.15) is 17.7 Å². The van der Waals surface area contributed by atoms with Crippen LogP contribution in [0.5, 0.6) is 5.88 Å². The lowest BCUT2D eigenvalue weighted by atomic mass is 9.80. The van der Waals surface area contributed by atoms with Gasteiger partial charge in [0, 0.05) is 42.7 Å². The zero-order valence-corrected chi connectivity index (χ0v) is 37.3. The number of morpholine rings is 1. The molecule has 7 rings (SSSR count). The molecule has 3 aliphatic heterocycles. The molecule has 2 saturated heterocycles. The van der Waals surface area contributed by atoms with Gasteiger partial charge in [-0.25, -0.2) is 18.2 Å². The van der Waals surface area contributed by atoms with E-state index in [0.717, 1.165) is 24.9 Å². The van der Waals surface area contributed by atoms with Crippen LogP contribution in [0.4, 0.5) is 23.7 Å². The maximum Gasteiger partial charge on any atom is 0.427 e. The third kappa shape index (κ3) is 9.73. The number of carbonyl (C=O) groups is 4. The number of anilines is 1. The molecule has 4 fully saturated rings. The molecule has 1 aromatic carbocycles. The second-order valence-corrected chi connectivity index (χ2v) is 20.8. The number of nitrogens with zero attached hydrogens (tertiary/aromatic N) is 3. The van der Waals surface area contributed by atoms with E-state index in [2.05, 4.69) is 20.3 Å². The predicted molar refractivity (Wildman–Crippen MR) is 227 cm³/mol. The number of rotatable bonds is 10. The van der Waals surface area contributed by atoms with Gasteiger partial charge in [-0.05, 0) is 77.2 Å². The lowest BCUT2D eigenvalue weighted by Crippen LogP contribution is -2.58. The van der Waals surface area contributed by atoms with Crippen molar-refractivity contribution in [1.29, 1.82) is 0 Å². The maximum absolute atomic E-state index is 15.1. The summed E-state index contributed by atoms with van der Waals surface area (Å²) in [6.45, 7) is 8.93. The number of sulfonamides is 1. The number of hydrogen-bond donors (Lipinski definition) is 3. The Hall–Kier alpha value is -4.65. The fourth-order valence-electron chi connectivity index (χ4n) is 8.98. The molecule has 346 valence electrons. The first-order valence-electron chi connectivity index (χ1n) is 21.9. The van der Waals surface area contributed by atoms with Crippen LogP contribution in [-0.4, -0.2) is 116 Å². The van der Waals surface area contributed by atoms with Crippen LogP contribution in [0, 0.1) is 23.7 Å². The SMILES string of the molecule is CCC1CC(C)CCC=CC2CC2(C(=O)NS(=O)(=O)C2(C)CC2)NC(=O)C2CC(Oc3ncc(N4CCOCC4)c4ccccc34)CN2C(=O)C1CNC(=O)OC(C)(C)C(F)(F)F. The number of allylic oxidation sites excluding steroid dienone is 1. The van der Waals surface area contributed by atoms with Crippen LogP contribution in [0.2, 0.25) is 0 Å². The molecular weight excluding hydrogens is 846 g/mol. The van der Waals surface area contributed by atoms with Crippen molar-refractivity contribution in [2.75, 3.05) is 44.3 Å². The highest BCUT2D eigenvalue weighted by atomic mass is 32.2. The molecule has 15 nitrogen and oxygen atoms in total. The van der Waals surface area contributed by atoms with Gasteiger partial charge in [0.15, 0.2) is 0 Å². The van der Waals surface area contributed by atoms with Crippen LogP contribution in [0.1, 0.15) is 86.0 Å². The molecule has 4 heterocycles. The van der Waals surface area contributed by atoms with Gasteiger partial charge in [0.2, 0.25) is 33.3 Å². The van der Waals surface area contributed by atoms with Gasteiger partial charge in [-0.2, -0.15) is 13.2 Å². The van der Waals surface area contributed by atoms with Crippen molar-refractivity contribution < 1.29 is 55.0 Å². The number of nitrogens with one attached hydrogen (secondary N) is 3. The van der Waals surface area contributed by atoms with Crippen molar-refractivity contribution in [3.05, 3.63) is 42.6 Å². The van der Waals surface area contributed by atoms with Crippen LogP contribution >= 0.6 is 0 Å². The summed E-state index contributed by atoms with van der Waals surface area (Å²) in [6.07, 6.45) is 1.60. The predicted octanol–water partition coefficient (Wildman–Crippen LogP) is 5.38. The van der Waals surface area contributed by atoms with Crippen LogP contribution in [0.25, 0.3) is 10.8 Å². The van der Waals surface area contributed by atoms with E-state index in [4.69, 9.17) is 19.2 Å². The van der Waals surface area contributed by atoms with Crippen molar-refractivity contribution in [3.63, 3.8) is 0 Å². The minimum absolute atomic E-state index is 0.0392. The summed E-state index contributed by atoms with van der Waals surface area (Å²) in [6, 6.07) is 6.37. The summed E-state index contributed by atoms with van der Waals surface area (Å²) in [5, 5.41) is 6.89. The molecule has 7 atom stereocenters. The molecule has 2 aliphatic carbocycles. The highest BCUT2D eigenvalue weighted by molar-refractivity contribution is 7.91. The molecule has 63 heavy (non-hydrogen) atoms. The maximum atomic E-state index is 15.1. The number of alkyl carbamates (subject to hydrolysis) is 1. The first-order chi connectivity index (χ1) is 29.7. The van der Waals surface area contributed by atoms with Crippen LogP contribution < -0.4 is 25.0 Å². The molecular formula is C44H59F3N6O9S. The normalized spacial score (nSPS) is 29.1. The Labute approximate surface area is 366 Å². The lowest BCUT2D eigenvalue weighted by molar-refractivity contribution is -0.243. The molecule has 7 unspecified atom stereocenters. The standard InChI is InChI=1S/C44H59F3N6O9S/c1-6-28-21-27(2)11-7-8-12-29-23-43(29,39(56)51-63(58,59)42(5)15-16-42)50-36(54)34-22-30(26-53(34)38(55)33(28)24-49-40(57)62-41(3,4)44(45,46)47)61-37-32-14-10-9-13-31(32)35(25-48-37)52-17-19-60-20-18-52/h8-10,12-14,25,27-30,33-34H,6-7,11,15-24,26H2,1-5H3,(H,49,57)(H,50,54)(H,51,56). The number of hydrogen-bond acceptors (Lipinski definition) is 11. The number of halogens is 3. The van der Waals surface area contributed by atoms with E-state index in [9.17, 15) is 36.0 Å². The molecule has 0 spiro atoms. The smallest absolute Gasteiger partial charge is 0.427 e. The number of aromatic nitrogens is 1. The number of ether oxygens (including phenoxy) is 3. The second kappa shape index (κ2) is 17.7. The fourth-order valence-corrected chi connectivity index (χ4v) is 10.3. The zero-order chi connectivity index (χ0) is 45.5. The number of pyridine rings is 1. The van der Waals surface area contributed by atoms with Gasteiger partial charge in [-0.15, -0.1) is 0 Å².